The first-order valence-electron chi connectivity index (χ1n) is 6.56. The zero-order valence-corrected chi connectivity index (χ0v) is 13.7. The van der Waals surface area contributed by atoms with Crippen LogP contribution in [-0.2, 0) is 6.42 Å². The number of aliphatic hydroxyl groups excluding tert-OH is 1. The summed E-state index contributed by atoms with van der Waals surface area (Å²) in [6.45, 7) is 3.80. The summed E-state index contributed by atoms with van der Waals surface area (Å²) in [5.74, 6) is 0.309. The highest BCUT2D eigenvalue weighted by Gasteiger charge is 2.18. The van der Waals surface area contributed by atoms with Gasteiger partial charge in [-0.25, -0.2) is 4.39 Å². The molecule has 2 aromatic rings. The van der Waals surface area contributed by atoms with Crippen LogP contribution in [-0.4, -0.2) is 17.2 Å². The van der Waals surface area contributed by atoms with Crippen molar-refractivity contribution >= 4 is 15.9 Å². The average Bonchev–Trinajstić information content (AvgIpc) is 2.45. The molecule has 3 nitrogen and oxygen atoms in total. The van der Waals surface area contributed by atoms with Crippen molar-refractivity contribution in [3.05, 3.63) is 57.1 Å². The molecule has 1 heterocycles. The van der Waals surface area contributed by atoms with E-state index in [1.807, 2.05) is 13.8 Å². The number of benzene rings is 1. The van der Waals surface area contributed by atoms with Crippen molar-refractivity contribution in [2.24, 2.45) is 0 Å². The second-order valence-electron chi connectivity index (χ2n) is 4.91. The molecule has 112 valence electrons. The van der Waals surface area contributed by atoms with Gasteiger partial charge in [-0.15, -0.1) is 0 Å². The van der Waals surface area contributed by atoms with Gasteiger partial charge < -0.3 is 9.84 Å². The van der Waals surface area contributed by atoms with Gasteiger partial charge in [0.25, 0.3) is 0 Å². The van der Waals surface area contributed by atoms with Crippen molar-refractivity contribution in [3.8, 4) is 5.75 Å². The zero-order chi connectivity index (χ0) is 15.6. The summed E-state index contributed by atoms with van der Waals surface area (Å²) < 4.78 is 19.7. The maximum absolute atomic E-state index is 14.0. The van der Waals surface area contributed by atoms with E-state index < -0.39 is 11.9 Å². The molecular formula is C16H17BrFNO2. The lowest BCUT2D eigenvalue weighted by molar-refractivity contribution is 0.172. The first-order valence-corrected chi connectivity index (χ1v) is 7.36. The summed E-state index contributed by atoms with van der Waals surface area (Å²) >= 11 is 3.12. The third-order valence-corrected chi connectivity index (χ3v) is 4.09. The number of pyridine rings is 1. The molecule has 21 heavy (non-hydrogen) atoms. The van der Waals surface area contributed by atoms with E-state index in [-0.39, 0.29) is 12.0 Å². The van der Waals surface area contributed by atoms with Crippen molar-refractivity contribution in [2.75, 3.05) is 7.11 Å². The maximum atomic E-state index is 14.0. The van der Waals surface area contributed by atoms with Crippen molar-refractivity contribution < 1.29 is 14.2 Å². The van der Waals surface area contributed by atoms with Crippen molar-refractivity contribution in [1.82, 2.24) is 4.98 Å². The average molecular weight is 354 g/mol. The minimum absolute atomic E-state index is 0.232. The summed E-state index contributed by atoms with van der Waals surface area (Å²) in [6.07, 6.45) is 0.974. The van der Waals surface area contributed by atoms with E-state index in [0.29, 0.717) is 10.2 Å². The molecule has 1 unspecified atom stereocenters. The number of aryl methyl sites for hydroxylation is 1. The molecule has 0 saturated carbocycles. The standard InChI is InChI=1S/C16H17BrFNO2/c1-9-8-19-13(10(2)16(9)21-3)7-14(20)11-5-4-6-12(17)15(11)18/h4-6,8,14,20H,7H2,1-3H3. The van der Waals surface area contributed by atoms with Gasteiger partial charge in [-0.2, -0.15) is 0 Å². The Morgan fingerprint density at radius 2 is 2.10 bits per heavy atom. The van der Waals surface area contributed by atoms with Crippen molar-refractivity contribution in [1.29, 1.82) is 0 Å². The summed E-state index contributed by atoms with van der Waals surface area (Å²) in [4.78, 5) is 4.33. The number of rotatable bonds is 4. The number of ether oxygens (including phenoxy) is 1. The first-order chi connectivity index (χ1) is 9.95. The molecule has 0 amide bonds. The van der Waals surface area contributed by atoms with Crippen LogP contribution < -0.4 is 4.74 Å². The molecule has 5 heteroatoms. The summed E-state index contributed by atoms with van der Waals surface area (Å²) in [6, 6.07) is 4.87. The molecule has 1 atom stereocenters. The van der Waals surface area contributed by atoms with Gasteiger partial charge in [-0.1, -0.05) is 12.1 Å². The van der Waals surface area contributed by atoms with E-state index in [0.717, 1.165) is 16.9 Å². The lowest BCUT2D eigenvalue weighted by atomic mass is 10.0. The molecule has 1 aromatic carbocycles. The third kappa shape index (κ3) is 3.24. The van der Waals surface area contributed by atoms with Crippen molar-refractivity contribution in [3.63, 3.8) is 0 Å². The first kappa shape index (κ1) is 15.9. The van der Waals surface area contributed by atoms with Crippen LogP contribution in [0.15, 0.2) is 28.9 Å². The van der Waals surface area contributed by atoms with Crippen molar-refractivity contribution in [2.45, 2.75) is 26.4 Å². The number of methoxy groups -OCH3 is 1. The van der Waals surface area contributed by atoms with E-state index in [4.69, 9.17) is 4.74 Å². The van der Waals surface area contributed by atoms with Gasteiger partial charge in [0, 0.05) is 35.0 Å². The number of aromatic nitrogens is 1. The highest BCUT2D eigenvalue weighted by molar-refractivity contribution is 9.10. The zero-order valence-electron chi connectivity index (χ0n) is 12.2. The quantitative estimate of drug-likeness (QED) is 0.906. The predicted molar refractivity (Wildman–Crippen MR) is 83.0 cm³/mol. The van der Waals surface area contributed by atoms with E-state index in [1.165, 1.54) is 0 Å². The van der Waals surface area contributed by atoms with E-state index >= 15 is 0 Å². The Morgan fingerprint density at radius 3 is 2.76 bits per heavy atom. The van der Waals surface area contributed by atoms with Gasteiger partial charge in [-0.3, -0.25) is 4.98 Å². The smallest absolute Gasteiger partial charge is 0.143 e. The molecule has 1 N–H and O–H groups in total. The summed E-state index contributed by atoms with van der Waals surface area (Å²) in [7, 11) is 1.60. The van der Waals surface area contributed by atoms with Gasteiger partial charge in [0.15, 0.2) is 0 Å². The van der Waals surface area contributed by atoms with Crippen LogP contribution >= 0.6 is 15.9 Å². The van der Waals surface area contributed by atoms with Gasteiger partial charge in [0.2, 0.25) is 0 Å². The molecule has 0 spiro atoms. The second kappa shape index (κ2) is 6.54. The van der Waals surface area contributed by atoms with Crippen LogP contribution in [0.5, 0.6) is 5.75 Å². The Bertz CT molecular complexity index is 661. The predicted octanol–water partition coefficient (Wildman–Crippen LogP) is 3.88. The highest BCUT2D eigenvalue weighted by atomic mass is 79.9. The Kier molecular flexibility index (Phi) is 4.96. The minimum Gasteiger partial charge on any atom is -0.496 e. The topological polar surface area (TPSA) is 42.4 Å². The van der Waals surface area contributed by atoms with Gasteiger partial charge in [-0.05, 0) is 35.8 Å². The SMILES string of the molecule is COc1c(C)cnc(CC(O)c2cccc(Br)c2F)c1C. The maximum Gasteiger partial charge on any atom is 0.143 e. The molecule has 0 aliphatic rings. The molecule has 2 rings (SSSR count). The Morgan fingerprint density at radius 1 is 1.38 bits per heavy atom. The minimum atomic E-state index is -0.957. The van der Waals surface area contributed by atoms with Gasteiger partial charge in [0.05, 0.1) is 17.7 Å². The summed E-state index contributed by atoms with van der Waals surface area (Å²) in [5, 5.41) is 10.3. The fraction of sp³-hybridized carbons (Fsp3) is 0.312. The molecular weight excluding hydrogens is 337 g/mol. The fourth-order valence-corrected chi connectivity index (χ4v) is 2.73. The number of halogens is 2. The molecule has 1 aromatic heterocycles. The fourth-order valence-electron chi connectivity index (χ4n) is 2.35. The molecule has 0 bridgehead atoms. The van der Waals surface area contributed by atoms with Crippen LogP contribution in [0.1, 0.15) is 28.5 Å². The van der Waals surface area contributed by atoms with Crippen LogP contribution in [0.4, 0.5) is 4.39 Å². The largest absolute Gasteiger partial charge is 0.496 e. The summed E-state index contributed by atoms with van der Waals surface area (Å²) in [5.41, 5.74) is 2.75. The van der Waals surface area contributed by atoms with Gasteiger partial charge in [0.1, 0.15) is 11.6 Å². The van der Waals surface area contributed by atoms with Crippen LogP contribution in [0.2, 0.25) is 0 Å². The van der Waals surface area contributed by atoms with Crippen LogP contribution in [0.3, 0.4) is 0 Å². The van der Waals surface area contributed by atoms with Crippen LogP contribution in [0, 0.1) is 19.7 Å². The number of hydrogen-bond donors (Lipinski definition) is 1. The molecule has 0 aliphatic heterocycles. The van der Waals surface area contributed by atoms with Crippen LogP contribution in [0.25, 0.3) is 0 Å². The monoisotopic (exact) mass is 353 g/mol. The number of nitrogens with zero attached hydrogens (tertiary/aromatic N) is 1. The molecule has 0 saturated heterocycles. The Labute approximate surface area is 131 Å². The lowest BCUT2D eigenvalue weighted by Gasteiger charge is -2.16. The highest BCUT2D eigenvalue weighted by Crippen LogP contribution is 2.29. The Hall–Kier alpha value is -1.46. The second-order valence-corrected chi connectivity index (χ2v) is 5.76. The van der Waals surface area contributed by atoms with Gasteiger partial charge >= 0.3 is 0 Å². The van der Waals surface area contributed by atoms with E-state index in [9.17, 15) is 9.50 Å². The van der Waals surface area contributed by atoms with E-state index in [1.54, 1.807) is 31.5 Å². The lowest BCUT2D eigenvalue weighted by Crippen LogP contribution is -2.08. The normalized spacial score (nSPS) is 12.3. The number of hydrogen-bond acceptors (Lipinski definition) is 3. The molecule has 0 fully saturated rings. The molecule has 0 aliphatic carbocycles. The molecule has 0 radical (unpaired) electrons. The third-order valence-electron chi connectivity index (χ3n) is 3.48. The number of aliphatic hydroxyl groups is 1. The Balaban J connectivity index is 2.32. The van der Waals surface area contributed by atoms with E-state index in [2.05, 4.69) is 20.9 Å².